The molecule has 146 valence electrons. The smallest absolute Gasteiger partial charge is 0.262 e. The van der Waals surface area contributed by atoms with E-state index >= 15 is 0 Å². The summed E-state index contributed by atoms with van der Waals surface area (Å²) >= 11 is 0. The molecule has 27 heavy (non-hydrogen) atoms. The molecule has 0 bridgehead atoms. The highest BCUT2D eigenvalue weighted by Crippen LogP contribution is 2.32. The first-order chi connectivity index (χ1) is 12.8. The van der Waals surface area contributed by atoms with Crippen molar-refractivity contribution in [1.29, 1.82) is 0 Å². The van der Waals surface area contributed by atoms with E-state index in [1.54, 1.807) is 37.3 Å². The summed E-state index contributed by atoms with van der Waals surface area (Å²) in [5, 5.41) is 0. The minimum atomic E-state index is -3.78. The quantitative estimate of drug-likeness (QED) is 0.790. The maximum absolute atomic E-state index is 12.6. The topological polar surface area (TPSA) is 92.8 Å². The fourth-order valence-corrected chi connectivity index (χ4v) is 5.33. The molecule has 9 heteroatoms. The number of aryl methyl sites for hydroxylation is 1. The van der Waals surface area contributed by atoms with Gasteiger partial charge in [-0.25, -0.2) is 16.8 Å². The van der Waals surface area contributed by atoms with E-state index in [1.165, 1.54) is 23.5 Å². The highest BCUT2D eigenvalue weighted by atomic mass is 32.2. The second-order valence-corrected chi connectivity index (χ2v) is 10.1. The third-order valence-corrected chi connectivity index (χ3v) is 7.62. The summed E-state index contributed by atoms with van der Waals surface area (Å²) in [6, 6.07) is 11.1. The standard InChI is InChI=1S/C18H22N2O5S2/c1-3-26(21,22)20-11-5-6-14-12-15(9-10-18(14)20)19-27(23,24)17-8-4-7-16(13-17)25-2/h4,7-10,12-13,19H,3,5-6,11H2,1-2H3. The van der Waals surface area contributed by atoms with Crippen LogP contribution >= 0.6 is 0 Å². The Morgan fingerprint density at radius 1 is 1.11 bits per heavy atom. The number of hydrogen-bond acceptors (Lipinski definition) is 5. The molecule has 0 aromatic heterocycles. The van der Waals surface area contributed by atoms with Crippen LogP contribution in [0.5, 0.6) is 5.75 Å². The molecule has 0 saturated heterocycles. The molecule has 0 atom stereocenters. The molecule has 0 aliphatic carbocycles. The summed E-state index contributed by atoms with van der Waals surface area (Å²) in [5.74, 6) is 0.472. The molecule has 2 aromatic rings. The fraction of sp³-hybridized carbons (Fsp3) is 0.333. The lowest BCUT2D eigenvalue weighted by molar-refractivity contribution is 0.413. The number of ether oxygens (including phenoxy) is 1. The first-order valence-electron chi connectivity index (χ1n) is 8.57. The minimum absolute atomic E-state index is 0.0245. The van der Waals surface area contributed by atoms with Crippen LogP contribution in [-0.4, -0.2) is 36.2 Å². The maximum Gasteiger partial charge on any atom is 0.262 e. The van der Waals surface area contributed by atoms with E-state index in [4.69, 9.17) is 4.74 Å². The number of fused-ring (bicyclic) bond motifs is 1. The van der Waals surface area contributed by atoms with Crippen molar-refractivity contribution in [3.8, 4) is 5.75 Å². The Morgan fingerprint density at radius 2 is 1.89 bits per heavy atom. The van der Waals surface area contributed by atoms with Crippen LogP contribution < -0.4 is 13.8 Å². The van der Waals surface area contributed by atoms with Crippen molar-refractivity contribution in [2.75, 3.05) is 28.4 Å². The number of anilines is 2. The zero-order valence-corrected chi connectivity index (χ0v) is 16.8. The molecule has 1 aliphatic heterocycles. The number of methoxy groups -OCH3 is 1. The van der Waals surface area contributed by atoms with Crippen LogP contribution in [0.4, 0.5) is 11.4 Å². The molecule has 0 radical (unpaired) electrons. The lowest BCUT2D eigenvalue weighted by Crippen LogP contribution is -2.36. The molecule has 0 spiro atoms. The summed E-state index contributed by atoms with van der Waals surface area (Å²) < 4.78 is 58.9. The number of hydrogen-bond donors (Lipinski definition) is 1. The predicted octanol–water partition coefficient (Wildman–Crippen LogP) is 2.60. The third-order valence-electron chi connectivity index (χ3n) is 4.46. The fourth-order valence-electron chi connectivity index (χ4n) is 3.05. The molecule has 0 saturated carbocycles. The van der Waals surface area contributed by atoms with Crippen LogP contribution in [-0.2, 0) is 26.5 Å². The van der Waals surface area contributed by atoms with Crippen molar-refractivity contribution >= 4 is 31.4 Å². The van der Waals surface area contributed by atoms with Crippen LogP contribution in [0.3, 0.4) is 0 Å². The zero-order valence-electron chi connectivity index (χ0n) is 15.2. The Balaban J connectivity index is 1.91. The van der Waals surface area contributed by atoms with E-state index < -0.39 is 20.0 Å². The van der Waals surface area contributed by atoms with Gasteiger partial charge >= 0.3 is 0 Å². The molecular weight excluding hydrogens is 388 g/mol. The SMILES string of the molecule is CCS(=O)(=O)N1CCCc2cc(NS(=O)(=O)c3cccc(OC)c3)ccc21. The van der Waals surface area contributed by atoms with Gasteiger partial charge in [0.25, 0.3) is 10.0 Å². The summed E-state index contributed by atoms with van der Waals surface area (Å²) in [5.41, 5.74) is 1.82. The van der Waals surface area contributed by atoms with E-state index in [1.807, 2.05) is 0 Å². The molecule has 7 nitrogen and oxygen atoms in total. The number of sulfonamides is 2. The summed E-state index contributed by atoms with van der Waals surface area (Å²) in [7, 11) is -5.66. The van der Waals surface area contributed by atoms with Crippen molar-refractivity contribution in [2.24, 2.45) is 0 Å². The van der Waals surface area contributed by atoms with Crippen LogP contribution in [0.1, 0.15) is 18.9 Å². The lowest BCUT2D eigenvalue weighted by atomic mass is 10.0. The molecular formula is C18H22N2O5S2. The minimum Gasteiger partial charge on any atom is -0.497 e. The van der Waals surface area contributed by atoms with E-state index in [-0.39, 0.29) is 10.6 Å². The van der Waals surface area contributed by atoms with Gasteiger partial charge in [0.15, 0.2) is 0 Å². The second-order valence-electron chi connectivity index (χ2n) is 6.20. The molecule has 0 amide bonds. The van der Waals surface area contributed by atoms with Crippen molar-refractivity contribution in [3.05, 3.63) is 48.0 Å². The molecule has 1 N–H and O–H groups in total. The number of rotatable bonds is 6. The summed E-state index contributed by atoms with van der Waals surface area (Å²) in [4.78, 5) is 0.0924. The van der Waals surface area contributed by atoms with Gasteiger partial charge < -0.3 is 4.74 Å². The number of benzene rings is 2. The van der Waals surface area contributed by atoms with Gasteiger partial charge in [0, 0.05) is 18.3 Å². The molecule has 2 aromatic carbocycles. The van der Waals surface area contributed by atoms with Gasteiger partial charge in [0.1, 0.15) is 5.75 Å². The Kier molecular flexibility index (Phi) is 5.34. The average Bonchev–Trinajstić information content (AvgIpc) is 2.67. The largest absolute Gasteiger partial charge is 0.497 e. The Labute approximate surface area is 160 Å². The van der Waals surface area contributed by atoms with Crippen LogP contribution in [0.25, 0.3) is 0 Å². The lowest BCUT2D eigenvalue weighted by Gasteiger charge is -2.30. The molecule has 1 aliphatic rings. The van der Waals surface area contributed by atoms with Gasteiger partial charge in [0.2, 0.25) is 10.0 Å². The predicted molar refractivity (Wildman–Crippen MR) is 105 cm³/mol. The maximum atomic E-state index is 12.6. The van der Waals surface area contributed by atoms with Gasteiger partial charge in [-0.05, 0) is 55.7 Å². The van der Waals surface area contributed by atoms with Gasteiger partial charge in [-0.3, -0.25) is 9.03 Å². The first kappa shape index (κ1) is 19.5. The molecule has 0 fully saturated rings. The third kappa shape index (κ3) is 4.03. The van der Waals surface area contributed by atoms with E-state index in [0.29, 0.717) is 36.5 Å². The Hall–Kier alpha value is -2.26. The van der Waals surface area contributed by atoms with Gasteiger partial charge in [-0.1, -0.05) is 6.07 Å². The first-order valence-corrected chi connectivity index (χ1v) is 11.7. The van der Waals surface area contributed by atoms with Gasteiger partial charge in [-0.15, -0.1) is 0 Å². The second kappa shape index (κ2) is 7.40. The normalized spacial score (nSPS) is 14.5. The summed E-state index contributed by atoms with van der Waals surface area (Å²) in [6.45, 7) is 2.05. The van der Waals surface area contributed by atoms with E-state index in [9.17, 15) is 16.8 Å². The highest BCUT2D eigenvalue weighted by Gasteiger charge is 2.26. The number of nitrogens with zero attached hydrogens (tertiary/aromatic N) is 1. The zero-order chi connectivity index (χ0) is 19.7. The van der Waals surface area contributed by atoms with Crippen molar-refractivity contribution in [3.63, 3.8) is 0 Å². The van der Waals surface area contributed by atoms with E-state index in [0.717, 1.165) is 5.56 Å². The van der Waals surface area contributed by atoms with Gasteiger partial charge in [-0.2, -0.15) is 0 Å². The van der Waals surface area contributed by atoms with Crippen molar-refractivity contribution in [1.82, 2.24) is 0 Å². The molecule has 1 heterocycles. The van der Waals surface area contributed by atoms with Crippen LogP contribution in [0.15, 0.2) is 47.4 Å². The highest BCUT2D eigenvalue weighted by molar-refractivity contribution is 7.93. The average molecular weight is 411 g/mol. The van der Waals surface area contributed by atoms with Crippen molar-refractivity contribution < 1.29 is 21.6 Å². The summed E-state index contributed by atoms with van der Waals surface area (Å²) in [6.07, 6.45) is 1.39. The molecule has 3 rings (SSSR count). The monoisotopic (exact) mass is 410 g/mol. The van der Waals surface area contributed by atoms with Crippen molar-refractivity contribution in [2.45, 2.75) is 24.7 Å². The van der Waals surface area contributed by atoms with Gasteiger partial charge in [0.05, 0.1) is 23.4 Å². The number of nitrogens with one attached hydrogen (secondary N) is 1. The van der Waals surface area contributed by atoms with Crippen LogP contribution in [0, 0.1) is 0 Å². The van der Waals surface area contributed by atoms with E-state index in [2.05, 4.69) is 4.72 Å². The Bertz CT molecular complexity index is 1050. The Morgan fingerprint density at radius 3 is 2.59 bits per heavy atom. The van der Waals surface area contributed by atoms with Crippen LogP contribution in [0.2, 0.25) is 0 Å². The molecule has 0 unspecified atom stereocenters.